The first-order chi connectivity index (χ1) is 10.3. The normalized spacial score (nSPS) is 13.2. The summed E-state index contributed by atoms with van der Waals surface area (Å²) in [6.07, 6.45) is 3.22. The van der Waals surface area contributed by atoms with Crippen LogP contribution in [0.15, 0.2) is 24.3 Å². The van der Waals surface area contributed by atoms with Gasteiger partial charge in [0.05, 0.1) is 6.61 Å². The van der Waals surface area contributed by atoms with Gasteiger partial charge < -0.3 is 10.1 Å². The Morgan fingerprint density at radius 2 is 2.00 bits per heavy atom. The SMILES string of the molecule is COCCNc1nc(-c2ccc(Cl)cc2)nc2c1CCC2. The minimum atomic E-state index is 0.662. The van der Waals surface area contributed by atoms with Crippen LogP contribution in [0.1, 0.15) is 17.7 Å². The Morgan fingerprint density at radius 1 is 1.19 bits per heavy atom. The fourth-order valence-corrected chi connectivity index (χ4v) is 2.70. The van der Waals surface area contributed by atoms with Crippen LogP contribution in [0.5, 0.6) is 0 Å². The summed E-state index contributed by atoms with van der Waals surface area (Å²) in [5, 5.41) is 4.09. The predicted octanol–water partition coefficient (Wildman–Crippen LogP) is 3.34. The van der Waals surface area contributed by atoms with E-state index in [1.165, 1.54) is 5.56 Å². The highest BCUT2D eigenvalue weighted by atomic mass is 35.5. The fraction of sp³-hybridized carbons (Fsp3) is 0.375. The molecule has 0 spiro atoms. The van der Waals surface area contributed by atoms with Crippen molar-refractivity contribution in [3.63, 3.8) is 0 Å². The van der Waals surface area contributed by atoms with Gasteiger partial charge >= 0.3 is 0 Å². The Bertz CT molecular complexity index is 628. The van der Waals surface area contributed by atoms with Crippen molar-refractivity contribution in [2.45, 2.75) is 19.3 Å². The molecule has 1 aromatic carbocycles. The second-order valence-corrected chi connectivity index (χ2v) is 5.54. The number of benzene rings is 1. The molecule has 1 aromatic heterocycles. The van der Waals surface area contributed by atoms with Gasteiger partial charge in [0.15, 0.2) is 5.82 Å². The van der Waals surface area contributed by atoms with Gasteiger partial charge in [-0.1, -0.05) is 11.6 Å². The zero-order valence-corrected chi connectivity index (χ0v) is 12.8. The molecule has 1 aliphatic carbocycles. The lowest BCUT2D eigenvalue weighted by Gasteiger charge is -2.12. The number of nitrogens with one attached hydrogen (secondary N) is 1. The molecular weight excluding hydrogens is 286 g/mol. The first-order valence-corrected chi connectivity index (χ1v) is 7.54. The van der Waals surface area contributed by atoms with E-state index < -0.39 is 0 Å². The van der Waals surface area contributed by atoms with Gasteiger partial charge in [-0.2, -0.15) is 0 Å². The van der Waals surface area contributed by atoms with Gasteiger partial charge in [0, 0.05) is 35.5 Å². The molecule has 0 amide bonds. The van der Waals surface area contributed by atoms with Gasteiger partial charge in [0.25, 0.3) is 0 Å². The van der Waals surface area contributed by atoms with Crippen molar-refractivity contribution >= 4 is 17.4 Å². The number of aryl methyl sites for hydroxylation is 1. The third-order valence-corrected chi connectivity index (χ3v) is 3.89. The highest BCUT2D eigenvalue weighted by molar-refractivity contribution is 6.30. The van der Waals surface area contributed by atoms with E-state index in [4.69, 9.17) is 26.3 Å². The van der Waals surface area contributed by atoms with Crippen LogP contribution in [0.25, 0.3) is 11.4 Å². The number of halogens is 1. The number of methoxy groups -OCH3 is 1. The summed E-state index contributed by atoms with van der Waals surface area (Å²) in [4.78, 5) is 9.41. The van der Waals surface area contributed by atoms with Gasteiger partial charge in [-0.25, -0.2) is 9.97 Å². The van der Waals surface area contributed by atoms with Crippen molar-refractivity contribution in [2.24, 2.45) is 0 Å². The molecule has 0 unspecified atom stereocenters. The van der Waals surface area contributed by atoms with E-state index >= 15 is 0 Å². The maximum absolute atomic E-state index is 5.94. The van der Waals surface area contributed by atoms with Crippen molar-refractivity contribution in [2.75, 3.05) is 25.6 Å². The summed E-state index contributed by atoms with van der Waals surface area (Å²) >= 11 is 5.94. The zero-order valence-electron chi connectivity index (χ0n) is 12.0. The van der Waals surface area contributed by atoms with Crippen molar-refractivity contribution in [3.05, 3.63) is 40.5 Å². The molecule has 0 atom stereocenters. The molecule has 0 saturated carbocycles. The van der Waals surface area contributed by atoms with Crippen molar-refractivity contribution in [3.8, 4) is 11.4 Å². The number of anilines is 1. The largest absolute Gasteiger partial charge is 0.383 e. The number of nitrogens with zero attached hydrogens (tertiary/aromatic N) is 2. The molecule has 4 nitrogen and oxygen atoms in total. The lowest BCUT2D eigenvalue weighted by molar-refractivity contribution is 0.210. The Hall–Kier alpha value is -1.65. The van der Waals surface area contributed by atoms with Gasteiger partial charge in [-0.05, 0) is 43.5 Å². The molecule has 1 N–H and O–H groups in total. The number of rotatable bonds is 5. The number of hydrogen-bond donors (Lipinski definition) is 1. The summed E-state index contributed by atoms with van der Waals surface area (Å²) in [6.45, 7) is 1.41. The van der Waals surface area contributed by atoms with Crippen LogP contribution in [0.2, 0.25) is 5.02 Å². The molecule has 2 aromatic rings. The van der Waals surface area contributed by atoms with Gasteiger partial charge in [-0.3, -0.25) is 0 Å². The molecule has 0 radical (unpaired) electrons. The number of ether oxygens (including phenoxy) is 1. The standard InChI is InChI=1S/C16H18ClN3O/c1-21-10-9-18-16-13-3-2-4-14(13)19-15(20-16)11-5-7-12(17)8-6-11/h5-8H,2-4,9-10H2,1H3,(H,18,19,20). The van der Waals surface area contributed by atoms with E-state index in [0.717, 1.165) is 53.7 Å². The Morgan fingerprint density at radius 3 is 2.76 bits per heavy atom. The lowest BCUT2D eigenvalue weighted by Crippen LogP contribution is -2.12. The maximum Gasteiger partial charge on any atom is 0.161 e. The predicted molar refractivity (Wildman–Crippen MR) is 84.9 cm³/mol. The molecule has 5 heteroatoms. The van der Waals surface area contributed by atoms with Gasteiger partial charge in [0.2, 0.25) is 0 Å². The van der Waals surface area contributed by atoms with Crippen molar-refractivity contribution < 1.29 is 4.74 Å². The Labute approximate surface area is 129 Å². The monoisotopic (exact) mass is 303 g/mol. The molecule has 0 bridgehead atoms. The summed E-state index contributed by atoms with van der Waals surface area (Å²) in [7, 11) is 1.70. The van der Waals surface area contributed by atoms with E-state index in [-0.39, 0.29) is 0 Å². The lowest BCUT2D eigenvalue weighted by atomic mass is 10.2. The first-order valence-electron chi connectivity index (χ1n) is 7.16. The van der Waals surface area contributed by atoms with Crippen LogP contribution in [-0.2, 0) is 17.6 Å². The van der Waals surface area contributed by atoms with Crippen LogP contribution in [0.4, 0.5) is 5.82 Å². The average molecular weight is 304 g/mol. The second-order valence-electron chi connectivity index (χ2n) is 5.10. The molecule has 3 rings (SSSR count). The fourth-order valence-electron chi connectivity index (χ4n) is 2.58. The van der Waals surface area contributed by atoms with E-state index in [1.807, 2.05) is 24.3 Å². The first kappa shape index (κ1) is 14.3. The quantitative estimate of drug-likeness (QED) is 0.861. The molecule has 0 aliphatic heterocycles. The zero-order chi connectivity index (χ0) is 14.7. The van der Waals surface area contributed by atoms with E-state index in [1.54, 1.807) is 7.11 Å². The maximum atomic E-state index is 5.94. The summed E-state index contributed by atoms with van der Waals surface area (Å²) < 4.78 is 5.09. The van der Waals surface area contributed by atoms with Crippen molar-refractivity contribution in [1.82, 2.24) is 9.97 Å². The second kappa shape index (κ2) is 6.41. The van der Waals surface area contributed by atoms with Crippen LogP contribution < -0.4 is 5.32 Å². The molecule has 1 aliphatic rings. The molecule has 21 heavy (non-hydrogen) atoms. The van der Waals surface area contributed by atoms with Crippen molar-refractivity contribution in [1.29, 1.82) is 0 Å². The van der Waals surface area contributed by atoms with E-state index in [0.29, 0.717) is 6.61 Å². The Balaban J connectivity index is 1.94. The minimum Gasteiger partial charge on any atom is -0.383 e. The molecule has 110 valence electrons. The summed E-state index contributed by atoms with van der Waals surface area (Å²) in [6, 6.07) is 7.65. The van der Waals surface area contributed by atoms with Crippen LogP contribution in [0.3, 0.4) is 0 Å². The summed E-state index contributed by atoms with van der Waals surface area (Å²) in [5.41, 5.74) is 3.41. The van der Waals surface area contributed by atoms with E-state index in [2.05, 4.69) is 5.32 Å². The van der Waals surface area contributed by atoms with Crippen LogP contribution in [-0.4, -0.2) is 30.2 Å². The third kappa shape index (κ3) is 3.17. The van der Waals surface area contributed by atoms with E-state index in [9.17, 15) is 0 Å². The highest BCUT2D eigenvalue weighted by Gasteiger charge is 2.19. The number of aromatic nitrogens is 2. The Kier molecular flexibility index (Phi) is 4.36. The minimum absolute atomic E-state index is 0.662. The highest BCUT2D eigenvalue weighted by Crippen LogP contribution is 2.29. The smallest absolute Gasteiger partial charge is 0.161 e. The van der Waals surface area contributed by atoms with Crippen LogP contribution in [0, 0.1) is 0 Å². The molecule has 0 saturated heterocycles. The summed E-state index contributed by atoms with van der Waals surface area (Å²) in [5.74, 6) is 1.70. The average Bonchev–Trinajstić information content (AvgIpc) is 2.96. The number of hydrogen-bond acceptors (Lipinski definition) is 4. The molecular formula is C16H18ClN3O. The van der Waals surface area contributed by atoms with Gasteiger partial charge in [-0.15, -0.1) is 0 Å². The molecule has 0 fully saturated rings. The third-order valence-electron chi connectivity index (χ3n) is 3.63. The molecule has 1 heterocycles. The topological polar surface area (TPSA) is 47.0 Å². The number of fused-ring (bicyclic) bond motifs is 1. The van der Waals surface area contributed by atoms with Crippen LogP contribution >= 0.6 is 11.6 Å². The van der Waals surface area contributed by atoms with Gasteiger partial charge in [0.1, 0.15) is 5.82 Å².